The maximum Gasteiger partial charge on any atom is 0.0541 e. The molecule has 0 bridgehead atoms. The maximum atomic E-state index is 2.47. The summed E-state index contributed by atoms with van der Waals surface area (Å²) >= 11 is 0. The molecule has 2 aromatic heterocycles. The Balaban J connectivity index is 0.704. The second-order valence-corrected chi connectivity index (χ2v) is 20.4. The van der Waals surface area contributed by atoms with Gasteiger partial charge in [-0.15, -0.1) is 0 Å². The van der Waals surface area contributed by atoms with Crippen molar-refractivity contribution < 1.29 is 0 Å². The molecule has 2 heteroatoms. The van der Waals surface area contributed by atoms with Gasteiger partial charge in [-0.2, -0.15) is 0 Å². The highest BCUT2D eigenvalue weighted by Crippen LogP contribution is 2.58. The molecule has 13 aromatic rings. The fourth-order valence-electron chi connectivity index (χ4n) is 12.8. The van der Waals surface area contributed by atoms with E-state index in [1.54, 1.807) is 0 Å². The third kappa shape index (κ3) is 7.02. The summed E-state index contributed by atoms with van der Waals surface area (Å²) in [6, 6.07) is 94.0. The smallest absolute Gasteiger partial charge is 0.0541 e. The van der Waals surface area contributed by atoms with Crippen molar-refractivity contribution in [3.05, 3.63) is 299 Å². The number of benzene rings is 11. The Morgan fingerprint density at radius 3 is 1.20 bits per heavy atom. The number of aryl methyl sites for hydroxylation is 1. The Morgan fingerprint density at radius 2 is 0.693 bits per heavy atom. The zero-order valence-electron chi connectivity index (χ0n) is 41.4. The van der Waals surface area contributed by atoms with Gasteiger partial charge < -0.3 is 9.13 Å². The number of hydrogen-bond donors (Lipinski definition) is 0. The van der Waals surface area contributed by atoms with E-state index in [0.717, 1.165) is 12.8 Å². The quantitative estimate of drug-likeness (QED) is 0.134. The van der Waals surface area contributed by atoms with E-state index < -0.39 is 0 Å². The average molecular weight is 955 g/mol. The third-order valence-corrected chi connectivity index (χ3v) is 16.3. The highest BCUT2D eigenvalue weighted by Gasteiger charge is 2.48. The number of aromatic nitrogens is 2. The minimum absolute atomic E-state index is 0.193. The second kappa shape index (κ2) is 17.3. The molecule has 2 aliphatic carbocycles. The number of hydrogen-bond acceptors (Lipinski definition) is 0. The van der Waals surface area contributed by atoms with Crippen LogP contribution in [-0.2, 0) is 11.8 Å². The summed E-state index contributed by atoms with van der Waals surface area (Å²) in [7, 11) is 0. The molecule has 0 amide bonds. The lowest BCUT2D eigenvalue weighted by atomic mass is 9.73. The van der Waals surface area contributed by atoms with Gasteiger partial charge in [-0.3, -0.25) is 0 Å². The number of fused-ring (bicyclic) bond motifs is 13. The molecule has 11 aromatic carbocycles. The van der Waals surface area contributed by atoms with Crippen molar-refractivity contribution in [3.8, 4) is 44.8 Å². The van der Waals surface area contributed by atoms with Crippen molar-refractivity contribution in [3.63, 3.8) is 0 Å². The summed E-state index contributed by atoms with van der Waals surface area (Å²) < 4.78 is 4.75. The van der Waals surface area contributed by atoms with Gasteiger partial charge >= 0.3 is 0 Å². The SMILES string of the molecule is C(=C\c1ccc2c(c1)C1(CCc3ccccc31)c1cc(/C=C/c3ccc(-c4ccc5c(c4)c4ccccc4n5-c4ccccc4)cc3)ccc1-2)/c1ccc(-c2ccc3c(c2)c2ccccc2n3-c2ccccc2)cc1. The first-order valence-corrected chi connectivity index (χ1v) is 26.3. The van der Waals surface area contributed by atoms with E-state index in [0.29, 0.717) is 0 Å². The topological polar surface area (TPSA) is 9.86 Å². The molecule has 352 valence electrons. The fourth-order valence-corrected chi connectivity index (χ4v) is 12.8. The average Bonchev–Trinajstić information content (AvgIpc) is 4.23. The number of rotatable bonds is 8. The lowest BCUT2D eigenvalue weighted by Crippen LogP contribution is -2.23. The van der Waals surface area contributed by atoms with Gasteiger partial charge in [0.25, 0.3) is 0 Å². The van der Waals surface area contributed by atoms with Crippen LogP contribution in [0.2, 0.25) is 0 Å². The molecule has 0 N–H and O–H groups in total. The van der Waals surface area contributed by atoms with Gasteiger partial charge in [0.05, 0.1) is 22.1 Å². The van der Waals surface area contributed by atoms with Crippen LogP contribution >= 0.6 is 0 Å². The summed E-state index contributed by atoms with van der Waals surface area (Å²) in [5, 5.41) is 5.06. The van der Waals surface area contributed by atoms with E-state index in [-0.39, 0.29) is 5.41 Å². The standard InChI is InChI=1S/C73H50N2/c1-3-14-58(15-4-1)74-69-21-11-8-18-62(69)64-47-56(37-41-71(64)74)53-33-27-49(28-34-53)23-25-51-31-39-60-61-40-32-52(46-68(61)73(67(60)45-51)44-43-55-13-7-10-20-66(55)73)26-24-50-29-35-54(36-30-50)57-38-42-72-65(48-57)63-19-9-12-22-70(63)75(72)59-16-5-2-6-17-59/h1-42,45-48H,43-44H2/b25-23+,26-24+. The van der Waals surface area contributed by atoms with Crippen molar-refractivity contribution in [2.45, 2.75) is 18.3 Å². The molecule has 1 spiro atoms. The van der Waals surface area contributed by atoms with Gasteiger partial charge in [0, 0.05) is 38.3 Å². The summed E-state index contributed by atoms with van der Waals surface area (Å²) in [5.74, 6) is 0. The minimum Gasteiger partial charge on any atom is -0.309 e. The van der Waals surface area contributed by atoms with Crippen LogP contribution in [0.15, 0.2) is 255 Å². The molecular formula is C73H50N2. The summed E-state index contributed by atoms with van der Waals surface area (Å²) in [5.41, 5.74) is 25.2. The molecule has 0 atom stereocenters. The maximum absolute atomic E-state index is 2.47. The zero-order valence-corrected chi connectivity index (χ0v) is 41.4. The molecule has 15 rings (SSSR count). The van der Waals surface area contributed by atoms with Crippen molar-refractivity contribution >= 4 is 67.9 Å². The molecule has 0 aliphatic heterocycles. The van der Waals surface area contributed by atoms with Gasteiger partial charge in [-0.1, -0.05) is 206 Å². The zero-order chi connectivity index (χ0) is 49.5. The molecule has 0 saturated carbocycles. The Kier molecular flexibility index (Phi) is 9.96. The van der Waals surface area contributed by atoms with Crippen LogP contribution in [0.5, 0.6) is 0 Å². The molecule has 0 saturated heterocycles. The van der Waals surface area contributed by atoms with Gasteiger partial charge in [0.1, 0.15) is 0 Å². The Hall–Kier alpha value is -9.50. The fraction of sp³-hybridized carbons (Fsp3) is 0.0411. The van der Waals surface area contributed by atoms with E-state index in [1.807, 2.05) is 0 Å². The Bertz CT molecular complexity index is 4170. The van der Waals surface area contributed by atoms with Crippen molar-refractivity contribution in [1.29, 1.82) is 0 Å². The van der Waals surface area contributed by atoms with Crippen molar-refractivity contribution in [1.82, 2.24) is 9.13 Å². The molecule has 2 nitrogen and oxygen atoms in total. The normalized spacial score (nSPS) is 13.5. The van der Waals surface area contributed by atoms with E-state index in [4.69, 9.17) is 0 Å². The van der Waals surface area contributed by atoms with Crippen LogP contribution in [0, 0.1) is 0 Å². The van der Waals surface area contributed by atoms with Gasteiger partial charge in [0.2, 0.25) is 0 Å². The van der Waals surface area contributed by atoms with E-state index in [2.05, 4.69) is 288 Å². The van der Waals surface area contributed by atoms with E-state index in [1.165, 1.54) is 133 Å². The highest BCUT2D eigenvalue weighted by atomic mass is 15.0. The van der Waals surface area contributed by atoms with Gasteiger partial charge in [-0.05, 0) is 164 Å². The second-order valence-electron chi connectivity index (χ2n) is 20.4. The molecule has 0 unspecified atom stereocenters. The summed E-state index contributed by atoms with van der Waals surface area (Å²) in [4.78, 5) is 0. The van der Waals surface area contributed by atoms with Gasteiger partial charge in [-0.25, -0.2) is 0 Å². The lowest BCUT2D eigenvalue weighted by molar-refractivity contribution is 0.626. The Morgan fingerprint density at radius 1 is 0.293 bits per heavy atom. The molecule has 2 heterocycles. The first-order valence-electron chi connectivity index (χ1n) is 26.3. The molecular weight excluding hydrogens is 905 g/mol. The first-order chi connectivity index (χ1) is 37.1. The number of nitrogens with zero attached hydrogens (tertiary/aromatic N) is 2. The monoisotopic (exact) mass is 954 g/mol. The molecule has 0 fully saturated rings. The largest absolute Gasteiger partial charge is 0.309 e. The van der Waals surface area contributed by atoms with Crippen molar-refractivity contribution in [2.75, 3.05) is 0 Å². The van der Waals surface area contributed by atoms with Crippen LogP contribution in [0.25, 0.3) is 113 Å². The number of para-hydroxylation sites is 4. The van der Waals surface area contributed by atoms with Crippen molar-refractivity contribution in [2.24, 2.45) is 0 Å². The van der Waals surface area contributed by atoms with E-state index >= 15 is 0 Å². The third-order valence-electron chi connectivity index (χ3n) is 16.3. The molecule has 0 radical (unpaired) electrons. The Labute approximate surface area is 437 Å². The highest BCUT2D eigenvalue weighted by molar-refractivity contribution is 6.11. The van der Waals surface area contributed by atoms with Crippen LogP contribution in [-0.4, -0.2) is 9.13 Å². The summed E-state index contributed by atoms with van der Waals surface area (Å²) in [6.45, 7) is 0. The first kappa shape index (κ1) is 43.1. The van der Waals surface area contributed by atoms with Crippen LogP contribution in [0.1, 0.15) is 50.9 Å². The molecule has 2 aliphatic rings. The minimum atomic E-state index is -0.193. The van der Waals surface area contributed by atoms with E-state index in [9.17, 15) is 0 Å². The predicted molar refractivity (Wildman–Crippen MR) is 317 cm³/mol. The van der Waals surface area contributed by atoms with Crippen LogP contribution in [0.4, 0.5) is 0 Å². The molecule has 75 heavy (non-hydrogen) atoms. The lowest BCUT2D eigenvalue weighted by Gasteiger charge is -2.29. The van der Waals surface area contributed by atoms with Crippen LogP contribution < -0.4 is 0 Å². The van der Waals surface area contributed by atoms with Crippen LogP contribution in [0.3, 0.4) is 0 Å². The summed E-state index contributed by atoms with van der Waals surface area (Å²) in [6.07, 6.45) is 11.2. The predicted octanol–water partition coefficient (Wildman–Crippen LogP) is 18.8. The van der Waals surface area contributed by atoms with Gasteiger partial charge in [0.15, 0.2) is 0 Å².